The smallest absolute Gasteiger partial charge is 0.125 e. The van der Waals surface area contributed by atoms with Gasteiger partial charge in [0.1, 0.15) is 5.82 Å². The van der Waals surface area contributed by atoms with Crippen LogP contribution in [0.15, 0.2) is 22.6 Å². The van der Waals surface area contributed by atoms with E-state index in [9.17, 15) is 8.60 Å². The van der Waals surface area contributed by atoms with Crippen molar-refractivity contribution in [1.29, 1.82) is 0 Å². The minimum Gasteiger partial charge on any atom is -0.397 e. The van der Waals surface area contributed by atoms with Crippen molar-refractivity contribution < 1.29 is 8.60 Å². The summed E-state index contributed by atoms with van der Waals surface area (Å²) >= 11 is 0. The summed E-state index contributed by atoms with van der Waals surface area (Å²) in [4.78, 5) is 0. The highest BCUT2D eigenvalue weighted by molar-refractivity contribution is 7.92. The predicted molar refractivity (Wildman–Crippen MR) is 52.9 cm³/mol. The van der Waals surface area contributed by atoms with Crippen LogP contribution in [0.3, 0.4) is 0 Å². The number of benzene rings is 1. The average Bonchev–Trinajstić information content (AvgIpc) is 1.93. The molecule has 0 saturated heterocycles. The quantitative estimate of drug-likeness (QED) is 0.705. The fourth-order valence-corrected chi connectivity index (χ4v) is 1.49. The normalized spacial score (nSPS) is 11.3. The number of hydrogen-bond donors (Lipinski definition) is 1. The molecular formula is C8H11FN2OS. The summed E-state index contributed by atoms with van der Waals surface area (Å²) < 4.78 is 27.7. The molecule has 0 saturated carbocycles. The Balaban J connectivity index is 3.26. The van der Waals surface area contributed by atoms with Gasteiger partial charge in [0.05, 0.1) is 11.4 Å². The number of nitrogens with zero attached hydrogens (tertiary/aromatic N) is 1. The zero-order valence-electron chi connectivity index (χ0n) is 7.45. The van der Waals surface area contributed by atoms with Crippen LogP contribution in [0.2, 0.25) is 0 Å². The molecule has 0 radical (unpaired) electrons. The van der Waals surface area contributed by atoms with Gasteiger partial charge in [-0.05, 0) is 18.2 Å². The molecule has 5 heteroatoms. The Hall–Kier alpha value is -1.10. The molecule has 3 nitrogen and oxygen atoms in total. The highest BCUT2D eigenvalue weighted by Crippen LogP contribution is 2.23. The molecule has 0 bridgehead atoms. The van der Waals surface area contributed by atoms with Gasteiger partial charge in [-0.2, -0.15) is 4.36 Å². The van der Waals surface area contributed by atoms with Crippen LogP contribution >= 0.6 is 0 Å². The van der Waals surface area contributed by atoms with Gasteiger partial charge in [0, 0.05) is 22.2 Å². The molecule has 1 aromatic carbocycles. The second-order valence-electron chi connectivity index (χ2n) is 2.98. The van der Waals surface area contributed by atoms with Crippen LogP contribution in [-0.4, -0.2) is 16.7 Å². The van der Waals surface area contributed by atoms with Gasteiger partial charge in [-0.15, -0.1) is 0 Å². The van der Waals surface area contributed by atoms with Gasteiger partial charge in [-0.3, -0.25) is 0 Å². The van der Waals surface area contributed by atoms with Crippen molar-refractivity contribution in [2.45, 2.75) is 0 Å². The number of rotatable bonds is 1. The molecule has 0 aliphatic carbocycles. The van der Waals surface area contributed by atoms with Gasteiger partial charge in [-0.25, -0.2) is 8.60 Å². The van der Waals surface area contributed by atoms with Crippen LogP contribution in [0, 0.1) is 5.82 Å². The minimum atomic E-state index is -2.24. The first-order valence-corrected chi connectivity index (χ1v) is 5.94. The SMILES string of the molecule is CS(C)(=O)=Nc1ccc(F)cc1N. The predicted octanol–water partition coefficient (Wildman–Crippen LogP) is 1.77. The molecule has 13 heavy (non-hydrogen) atoms. The fourth-order valence-electron chi connectivity index (χ4n) is 0.845. The van der Waals surface area contributed by atoms with E-state index < -0.39 is 15.5 Å². The van der Waals surface area contributed by atoms with Crippen LogP contribution in [-0.2, 0) is 9.73 Å². The highest BCUT2D eigenvalue weighted by atomic mass is 32.2. The number of hydrogen-bond acceptors (Lipinski definition) is 3. The van der Waals surface area contributed by atoms with Gasteiger partial charge in [-0.1, -0.05) is 0 Å². The van der Waals surface area contributed by atoms with Crippen molar-refractivity contribution in [3.63, 3.8) is 0 Å². The fraction of sp³-hybridized carbons (Fsp3) is 0.250. The van der Waals surface area contributed by atoms with Crippen molar-refractivity contribution in [3.8, 4) is 0 Å². The number of nitrogens with two attached hydrogens (primary N) is 1. The maximum atomic E-state index is 12.6. The van der Waals surface area contributed by atoms with Crippen LogP contribution < -0.4 is 5.73 Å². The lowest BCUT2D eigenvalue weighted by Crippen LogP contribution is -1.92. The van der Waals surface area contributed by atoms with Crippen LogP contribution in [0.25, 0.3) is 0 Å². The van der Waals surface area contributed by atoms with Crippen LogP contribution in [0.4, 0.5) is 15.8 Å². The summed E-state index contributed by atoms with van der Waals surface area (Å²) in [6.45, 7) is 0. The topological polar surface area (TPSA) is 55.5 Å². The Bertz CT molecular complexity index is 428. The summed E-state index contributed by atoms with van der Waals surface area (Å²) in [7, 11) is -2.24. The van der Waals surface area contributed by atoms with Crippen LogP contribution in [0.1, 0.15) is 0 Å². The highest BCUT2D eigenvalue weighted by Gasteiger charge is 2.00. The number of anilines is 1. The molecule has 0 heterocycles. The Labute approximate surface area is 76.9 Å². The van der Waals surface area contributed by atoms with E-state index in [2.05, 4.69) is 4.36 Å². The molecule has 0 atom stereocenters. The summed E-state index contributed by atoms with van der Waals surface area (Å²) in [5, 5.41) is 0. The van der Waals surface area contributed by atoms with Crippen LogP contribution in [0.5, 0.6) is 0 Å². The summed E-state index contributed by atoms with van der Waals surface area (Å²) in [5.41, 5.74) is 6.05. The van der Waals surface area contributed by atoms with Crippen molar-refractivity contribution in [1.82, 2.24) is 0 Å². The largest absolute Gasteiger partial charge is 0.397 e. The molecule has 0 unspecified atom stereocenters. The first-order chi connectivity index (χ1) is 5.88. The molecule has 0 aliphatic heterocycles. The molecule has 0 aliphatic rings. The molecule has 1 aromatic rings. The second kappa shape index (κ2) is 3.33. The molecular weight excluding hydrogens is 191 g/mol. The third kappa shape index (κ3) is 3.02. The summed E-state index contributed by atoms with van der Waals surface area (Å²) in [5.74, 6) is -0.421. The summed E-state index contributed by atoms with van der Waals surface area (Å²) in [6, 6.07) is 3.81. The van der Waals surface area contributed by atoms with E-state index in [1.165, 1.54) is 24.6 Å². The maximum Gasteiger partial charge on any atom is 0.125 e. The molecule has 0 aromatic heterocycles. The molecule has 0 fully saturated rings. The Morgan fingerprint density at radius 2 is 2.08 bits per heavy atom. The molecule has 1 rings (SSSR count). The lowest BCUT2D eigenvalue weighted by molar-refractivity contribution is 0.628. The van der Waals surface area contributed by atoms with E-state index in [-0.39, 0.29) is 5.69 Å². The lowest BCUT2D eigenvalue weighted by Gasteiger charge is -2.00. The third-order valence-corrected chi connectivity index (χ3v) is 1.94. The first kappa shape index (κ1) is 9.98. The second-order valence-corrected chi connectivity index (χ2v) is 5.52. The van der Waals surface area contributed by atoms with Gasteiger partial charge in [0.2, 0.25) is 0 Å². The maximum absolute atomic E-state index is 12.6. The molecule has 72 valence electrons. The molecule has 0 spiro atoms. The molecule has 0 amide bonds. The zero-order chi connectivity index (χ0) is 10.1. The van der Waals surface area contributed by atoms with Crippen molar-refractivity contribution in [2.24, 2.45) is 4.36 Å². The van der Waals surface area contributed by atoms with E-state index >= 15 is 0 Å². The Kier molecular flexibility index (Phi) is 2.56. The average molecular weight is 202 g/mol. The van der Waals surface area contributed by atoms with Crippen molar-refractivity contribution >= 4 is 21.1 Å². The minimum absolute atomic E-state index is 0.205. The van der Waals surface area contributed by atoms with Gasteiger partial charge >= 0.3 is 0 Å². The lowest BCUT2D eigenvalue weighted by atomic mass is 10.3. The zero-order valence-corrected chi connectivity index (χ0v) is 8.27. The Morgan fingerprint density at radius 3 is 2.54 bits per heavy atom. The van der Waals surface area contributed by atoms with Gasteiger partial charge in [0.15, 0.2) is 0 Å². The first-order valence-electron chi connectivity index (χ1n) is 3.61. The monoisotopic (exact) mass is 202 g/mol. The standard InChI is InChI=1S/C8H11FN2OS/c1-13(2,12)11-8-4-3-6(9)5-7(8)10/h3-5H,10H2,1-2H3. The van der Waals surface area contributed by atoms with Gasteiger partial charge in [0.25, 0.3) is 0 Å². The number of halogens is 1. The Morgan fingerprint density at radius 1 is 1.46 bits per heavy atom. The van der Waals surface area contributed by atoms with Crippen molar-refractivity contribution in [3.05, 3.63) is 24.0 Å². The van der Waals surface area contributed by atoms with Crippen molar-refractivity contribution in [2.75, 3.05) is 18.2 Å². The van der Waals surface area contributed by atoms with E-state index in [1.54, 1.807) is 0 Å². The third-order valence-electron chi connectivity index (χ3n) is 1.31. The van der Waals surface area contributed by atoms with E-state index in [4.69, 9.17) is 5.73 Å². The van der Waals surface area contributed by atoms with E-state index in [1.807, 2.05) is 0 Å². The van der Waals surface area contributed by atoms with E-state index in [0.717, 1.165) is 6.07 Å². The molecule has 2 N–H and O–H groups in total. The van der Waals surface area contributed by atoms with Gasteiger partial charge < -0.3 is 5.73 Å². The number of nitrogen functional groups attached to an aromatic ring is 1. The summed E-state index contributed by atoms with van der Waals surface area (Å²) in [6.07, 6.45) is 2.99. The van der Waals surface area contributed by atoms with E-state index in [0.29, 0.717) is 5.69 Å².